The van der Waals surface area contributed by atoms with Gasteiger partial charge in [0.15, 0.2) is 12.6 Å². The lowest BCUT2D eigenvalue weighted by molar-refractivity contribution is -0.161. The zero-order valence-corrected chi connectivity index (χ0v) is 47.5. The zero-order chi connectivity index (χ0) is 58.6. The van der Waals surface area contributed by atoms with Gasteiger partial charge in [-0.3, -0.25) is 43.3 Å². The van der Waals surface area contributed by atoms with Crippen LogP contribution in [0.25, 0.3) is 21.9 Å². The molecule has 3 heterocycles. The maximum absolute atomic E-state index is 15.4. The molecule has 3 N–H and O–H groups in total. The highest BCUT2D eigenvalue weighted by molar-refractivity contribution is 5.98. The van der Waals surface area contributed by atoms with Gasteiger partial charge in [0.25, 0.3) is 5.91 Å². The van der Waals surface area contributed by atoms with E-state index < -0.39 is 121 Å². The molecule has 6 rings (SSSR count). The molecule has 8 amide bonds. The Kier molecular flexibility index (Phi) is 20.8. The smallest absolute Gasteiger partial charge is 0.332 e. The molecular weight excluding hydrogens is 1020 g/mol. The van der Waals surface area contributed by atoms with E-state index >= 15 is 9.59 Å². The lowest BCUT2D eigenvalue weighted by Crippen LogP contribution is -2.60. The van der Waals surface area contributed by atoms with Crippen LogP contribution in [-0.4, -0.2) is 179 Å². The van der Waals surface area contributed by atoms with E-state index in [0.29, 0.717) is 24.0 Å². The molecule has 1 aromatic heterocycles. The van der Waals surface area contributed by atoms with Crippen LogP contribution in [0.4, 0.5) is 0 Å². The number of ether oxygens (including phenoxy) is 1. The molecule has 2 fully saturated rings. The van der Waals surface area contributed by atoms with Crippen molar-refractivity contribution in [2.75, 3.05) is 54.4 Å². The van der Waals surface area contributed by atoms with Gasteiger partial charge in [-0.25, -0.2) is 4.79 Å². The number of aromatic nitrogens is 1. The first-order valence-electron chi connectivity index (χ1n) is 27.1. The number of carbonyl (C=O) groups is 9. The van der Waals surface area contributed by atoms with Crippen LogP contribution < -0.4 is 16.0 Å². The van der Waals surface area contributed by atoms with Gasteiger partial charge in [0.2, 0.25) is 41.4 Å². The minimum atomic E-state index is -1.82. The third kappa shape index (κ3) is 15.2. The van der Waals surface area contributed by atoms with Gasteiger partial charge < -0.3 is 45.2 Å². The summed E-state index contributed by atoms with van der Waals surface area (Å²) in [5.41, 5.74) is 1.28. The number of pyridine rings is 1. The summed E-state index contributed by atoms with van der Waals surface area (Å²) in [6.45, 7) is 7.90. The van der Waals surface area contributed by atoms with Gasteiger partial charge >= 0.3 is 5.97 Å². The van der Waals surface area contributed by atoms with Crippen LogP contribution in [-0.2, 0) is 60.7 Å². The molecule has 80 heavy (non-hydrogen) atoms. The lowest BCUT2D eigenvalue weighted by Gasteiger charge is -2.36. The number of hydrogen-bond acceptors (Lipinski definition) is 13. The summed E-state index contributed by atoms with van der Waals surface area (Å²) in [5.74, 6) is -7.39. The fraction of sp³-hybridized carbons (Fsp3) is 0.492. The molecule has 0 aliphatic carbocycles. The number of cyclic esters (lactones) is 1. The van der Waals surface area contributed by atoms with Crippen LogP contribution in [0, 0.1) is 16.7 Å². The average molecular weight is 1100 g/mol. The Morgan fingerprint density at radius 2 is 1.35 bits per heavy atom. The second-order valence-corrected chi connectivity index (χ2v) is 22.1. The Balaban J connectivity index is 1.41. The topological polar surface area (TPSA) is 257 Å². The molecule has 0 radical (unpaired) electrons. The molecule has 7 atom stereocenters. The summed E-state index contributed by atoms with van der Waals surface area (Å²) in [4.78, 5) is 152. The maximum atomic E-state index is 15.4. The molecule has 0 spiro atoms. The first kappa shape index (κ1) is 61.1. The third-order valence-electron chi connectivity index (χ3n) is 15.1. The highest BCUT2D eigenvalue weighted by Gasteiger charge is 2.46. The summed E-state index contributed by atoms with van der Waals surface area (Å²) in [6, 6.07) is 16.6. The fourth-order valence-corrected chi connectivity index (χ4v) is 10.3. The van der Waals surface area contributed by atoms with Gasteiger partial charge in [-0.15, -0.1) is 0 Å². The number of amides is 8. The molecule has 2 aliphatic heterocycles. The summed E-state index contributed by atoms with van der Waals surface area (Å²) in [5, 5.41) is 13.4. The first-order valence-corrected chi connectivity index (χ1v) is 27.1. The number of likely N-dealkylation sites (N-methyl/N-ethyl adjacent to an activating group) is 4. The third-order valence-corrected chi connectivity index (χ3v) is 15.1. The molecule has 2 saturated heterocycles. The van der Waals surface area contributed by atoms with Crippen molar-refractivity contribution in [2.45, 2.75) is 122 Å². The molecule has 0 saturated carbocycles. The number of nitrogens with zero attached hydrogens (tertiary/aromatic N) is 7. The van der Waals surface area contributed by atoms with Crippen LogP contribution >= 0.6 is 0 Å². The number of rotatable bonds is 11. The van der Waals surface area contributed by atoms with E-state index in [4.69, 9.17) is 4.74 Å². The Labute approximate surface area is 467 Å². The highest BCUT2D eigenvalue weighted by Crippen LogP contribution is 2.28. The van der Waals surface area contributed by atoms with Crippen molar-refractivity contribution >= 4 is 64.0 Å². The molecule has 2 aliphatic rings. The molecular formula is C59H76N10O11. The van der Waals surface area contributed by atoms with Crippen molar-refractivity contribution in [2.24, 2.45) is 17.0 Å². The van der Waals surface area contributed by atoms with Gasteiger partial charge in [0.05, 0.1) is 13.1 Å². The zero-order valence-electron chi connectivity index (χ0n) is 47.5. The van der Waals surface area contributed by atoms with E-state index in [9.17, 15) is 38.5 Å². The van der Waals surface area contributed by atoms with E-state index in [1.54, 1.807) is 63.5 Å². The Morgan fingerprint density at radius 3 is 2.02 bits per heavy atom. The van der Waals surface area contributed by atoms with E-state index in [2.05, 4.69) is 26.1 Å². The summed E-state index contributed by atoms with van der Waals surface area (Å²) in [7, 11) is 5.38. The lowest BCUT2D eigenvalue weighted by atomic mass is 9.93. The van der Waals surface area contributed by atoms with Crippen LogP contribution in [0.1, 0.15) is 78.4 Å². The van der Waals surface area contributed by atoms with Crippen molar-refractivity contribution in [1.82, 2.24) is 45.4 Å². The number of esters is 1. The van der Waals surface area contributed by atoms with Crippen molar-refractivity contribution in [3.8, 4) is 11.1 Å². The molecule has 428 valence electrons. The summed E-state index contributed by atoms with van der Waals surface area (Å²) < 4.78 is 5.43. The van der Waals surface area contributed by atoms with Crippen LogP contribution in [0.2, 0.25) is 0 Å². The second-order valence-electron chi connectivity index (χ2n) is 22.1. The minimum Gasteiger partial charge on any atom is -0.454 e. The standard InChI is InChI=1S/C59H76N10O11/c1-11-37(4)51-57(77)66(8)34-49(71)61-44(27-36(2)3)55(75)68(10)52(59(5,6)64-79)58(78)80-35-50(72)65(7)33-48(70)62-45(29-38-17-13-12-14-18-38)54(74)67(9)47(56(76)69-26-16-21-46(69)53(73)63-51)30-39-19-15-20-40(28-39)41-22-23-43-32-60-25-24-42(43)31-41/h12-15,17-20,22-25,28,31-32,36-37,44-47,51-52H,11,16,21,26-27,29-30,33-35H2,1-10H3,(H,61,71)(H,62,70)(H,63,73). The van der Waals surface area contributed by atoms with Crippen molar-refractivity contribution in [1.29, 1.82) is 0 Å². The van der Waals surface area contributed by atoms with Crippen LogP contribution in [0.5, 0.6) is 0 Å². The van der Waals surface area contributed by atoms with Gasteiger partial charge in [-0.1, -0.05) is 106 Å². The first-order chi connectivity index (χ1) is 37.9. The van der Waals surface area contributed by atoms with E-state index in [1.807, 2.05) is 55.5 Å². The predicted octanol–water partition coefficient (Wildman–Crippen LogP) is 3.90. The van der Waals surface area contributed by atoms with Crippen molar-refractivity contribution in [3.63, 3.8) is 0 Å². The Morgan fingerprint density at radius 1 is 0.700 bits per heavy atom. The predicted molar refractivity (Wildman–Crippen MR) is 300 cm³/mol. The van der Waals surface area contributed by atoms with Crippen LogP contribution in [0.3, 0.4) is 0 Å². The van der Waals surface area contributed by atoms with Gasteiger partial charge in [-0.2, -0.15) is 4.91 Å². The van der Waals surface area contributed by atoms with E-state index in [0.717, 1.165) is 36.6 Å². The highest BCUT2D eigenvalue weighted by atomic mass is 16.5. The SMILES string of the molecule is CCC(C)C1NC(=O)C2CCCN2C(=O)C(Cc2cccc(-c3ccc4cnccc4c3)c2)N(C)C(=O)C(Cc2ccccc2)NC(=O)CN(C)C(=O)COC(=O)C(C(C)(C)N=O)N(C)C(=O)C(CC(C)C)NC(=O)CN(C)C1=O. The number of fused-ring (bicyclic) bond motifs is 2. The largest absolute Gasteiger partial charge is 0.454 e. The summed E-state index contributed by atoms with van der Waals surface area (Å²) in [6.07, 6.45) is 4.62. The molecule has 21 heteroatoms. The van der Waals surface area contributed by atoms with E-state index in [1.165, 1.54) is 51.8 Å². The van der Waals surface area contributed by atoms with Crippen molar-refractivity contribution < 1.29 is 47.9 Å². The number of carbonyl (C=O) groups excluding carboxylic acids is 9. The molecule has 0 bridgehead atoms. The van der Waals surface area contributed by atoms with Gasteiger partial charge in [0.1, 0.15) is 35.7 Å². The minimum absolute atomic E-state index is 0.0135. The van der Waals surface area contributed by atoms with Gasteiger partial charge in [-0.05, 0) is 84.7 Å². The Bertz CT molecular complexity index is 2940. The number of hydrogen-bond donors (Lipinski definition) is 3. The normalized spacial score (nSPS) is 22.9. The fourth-order valence-electron chi connectivity index (χ4n) is 10.3. The van der Waals surface area contributed by atoms with Gasteiger partial charge in [0, 0.05) is 65.4 Å². The summed E-state index contributed by atoms with van der Waals surface area (Å²) >= 11 is 0. The monoisotopic (exact) mass is 1100 g/mol. The van der Waals surface area contributed by atoms with E-state index in [-0.39, 0.29) is 38.1 Å². The quantitative estimate of drug-likeness (QED) is 0.143. The second kappa shape index (κ2) is 27.2. The number of benzene rings is 3. The van der Waals surface area contributed by atoms with Crippen molar-refractivity contribution in [3.05, 3.63) is 107 Å². The maximum Gasteiger partial charge on any atom is 0.332 e. The number of nitroso groups, excluding NO2 is 1. The van der Waals surface area contributed by atoms with Crippen LogP contribution in [0.15, 0.2) is 96.4 Å². The molecule has 3 aromatic carbocycles. The molecule has 7 unspecified atom stereocenters. The molecule has 4 aromatic rings. The number of nitrogens with one attached hydrogen (secondary N) is 3. The Hall–Kier alpha value is -8.10. The average Bonchev–Trinajstić information content (AvgIpc) is 3.94. The molecule has 21 nitrogen and oxygen atoms in total.